The van der Waals surface area contributed by atoms with Crippen molar-refractivity contribution in [3.05, 3.63) is 75.8 Å². The van der Waals surface area contributed by atoms with Crippen molar-refractivity contribution in [3.8, 4) is 0 Å². The van der Waals surface area contributed by atoms with Crippen molar-refractivity contribution in [1.82, 2.24) is 5.32 Å². The molecule has 1 aliphatic carbocycles. The molecule has 3 rings (SSSR count). The van der Waals surface area contributed by atoms with Crippen LogP contribution in [0.2, 0.25) is 0 Å². The first kappa shape index (κ1) is 21.3. The molecule has 30 heavy (non-hydrogen) atoms. The molecule has 1 N–H and O–H groups in total. The molecule has 0 heterocycles. The van der Waals surface area contributed by atoms with Gasteiger partial charge in [-0.25, -0.2) is 9.59 Å². The predicted molar refractivity (Wildman–Crippen MR) is 109 cm³/mol. The maximum Gasteiger partial charge on any atom is 0.408 e. The van der Waals surface area contributed by atoms with Gasteiger partial charge in [0.2, 0.25) is 0 Å². The Labute approximate surface area is 174 Å². The van der Waals surface area contributed by atoms with Gasteiger partial charge in [-0.2, -0.15) is 0 Å². The Morgan fingerprint density at radius 3 is 2.33 bits per heavy atom. The second-order valence-corrected chi connectivity index (χ2v) is 8.27. The fraction of sp³-hybridized carbons (Fsp3) is 0.364. The lowest BCUT2D eigenvalue weighted by Gasteiger charge is -2.23. The Balaban J connectivity index is 1.72. The summed E-state index contributed by atoms with van der Waals surface area (Å²) in [5.41, 5.74) is -0.422. The van der Waals surface area contributed by atoms with E-state index in [1.165, 1.54) is 24.3 Å². The Kier molecular flexibility index (Phi) is 5.78. The molecule has 0 aromatic heterocycles. The van der Waals surface area contributed by atoms with Crippen LogP contribution in [0.3, 0.4) is 0 Å². The number of non-ortho nitro benzene ring substituents is 1. The van der Waals surface area contributed by atoms with Gasteiger partial charge < -0.3 is 14.8 Å². The number of hydrogen-bond acceptors (Lipinski definition) is 6. The Morgan fingerprint density at radius 1 is 1.13 bits per heavy atom. The van der Waals surface area contributed by atoms with E-state index in [0.717, 1.165) is 5.56 Å². The topological polar surface area (TPSA) is 108 Å². The molecule has 2 atom stereocenters. The minimum atomic E-state index is -1.20. The molecule has 0 radical (unpaired) electrons. The number of carbonyl (C=O) groups excluding carboxylic acids is 2. The highest BCUT2D eigenvalue weighted by atomic mass is 16.6. The third-order valence-corrected chi connectivity index (χ3v) is 4.77. The van der Waals surface area contributed by atoms with E-state index < -0.39 is 28.1 Å². The van der Waals surface area contributed by atoms with Crippen molar-refractivity contribution in [3.63, 3.8) is 0 Å². The zero-order valence-corrected chi connectivity index (χ0v) is 17.1. The summed E-state index contributed by atoms with van der Waals surface area (Å²) in [7, 11) is 0. The average Bonchev–Trinajstić information content (AvgIpc) is 3.40. The fourth-order valence-electron chi connectivity index (χ4n) is 3.24. The monoisotopic (exact) mass is 412 g/mol. The first-order valence-electron chi connectivity index (χ1n) is 9.57. The van der Waals surface area contributed by atoms with Crippen molar-refractivity contribution < 1.29 is 24.0 Å². The van der Waals surface area contributed by atoms with Gasteiger partial charge in [-0.3, -0.25) is 10.1 Å². The molecule has 1 amide bonds. The second-order valence-electron chi connectivity index (χ2n) is 8.27. The van der Waals surface area contributed by atoms with Crippen LogP contribution in [0, 0.1) is 10.1 Å². The number of amides is 1. The smallest absolute Gasteiger partial charge is 0.408 e. The van der Waals surface area contributed by atoms with E-state index in [9.17, 15) is 19.7 Å². The van der Waals surface area contributed by atoms with Crippen LogP contribution in [0.4, 0.5) is 10.5 Å². The first-order chi connectivity index (χ1) is 14.1. The van der Waals surface area contributed by atoms with E-state index >= 15 is 0 Å². The summed E-state index contributed by atoms with van der Waals surface area (Å²) in [5, 5.41) is 13.5. The summed E-state index contributed by atoms with van der Waals surface area (Å²) in [6.45, 7) is 5.17. The van der Waals surface area contributed by atoms with Crippen LogP contribution in [-0.4, -0.2) is 28.1 Å². The van der Waals surface area contributed by atoms with Crippen LogP contribution in [0.5, 0.6) is 0 Å². The average molecular weight is 412 g/mol. The number of rotatable bonds is 6. The van der Waals surface area contributed by atoms with E-state index in [1.54, 1.807) is 20.8 Å². The lowest BCUT2D eigenvalue weighted by Crippen LogP contribution is -2.47. The van der Waals surface area contributed by atoms with Gasteiger partial charge in [-0.05, 0) is 50.5 Å². The van der Waals surface area contributed by atoms with Crippen molar-refractivity contribution in [1.29, 1.82) is 0 Å². The summed E-state index contributed by atoms with van der Waals surface area (Å²) < 4.78 is 10.8. The molecular formula is C22H24N2O6. The van der Waals surface area contributed by atoms with Gasteiger partial charge >= 0.3 is 12.1 Å². The number of ether oxygens (including phenoxy) is 2. The molecule has 158 valence electrons. The van der Waals surface area contributed by atoms with Gasteiger partial charge in [0, 0.05) is 18.1 Å². The molecule has 8 nitrogen and oxygen atoms in total. The predicted octanol–water partition coefficient (Wildman–Crippen LogP) is 4.09. The Hall–Kier alpha value is -3.42. The number of nitro groups is 1. The van der Waals surface area contributed by atoms with E-state index in [2.05, 4.69) is 5.32 Å². The third-order valence-electron chi connectivity index (χ3n) is 4.77. The molecule has 0 aliphatic heterocycles. The molecule has 0 bridgehead atoms. The Morgan fingerprint density at radius 2 is 1.77 bits per heavy atom. The fourth-order valence-corrected chi connectivity index (χ4v) is 3.24. The SMILES string of the molecule is CC(C)(C)OC(=O)N[C@@]1(C(=O)OCc2ccc([N+](=O)[O-])cc2)C[C@@H]1c1ccccc1. The van der Waals surface area contributed by atoms with Crippen molar-refractivity contribution in [2.45, 2.75) is 50.9 Å². The highest BCUT2D eigenvalue weighted by molar-refractivity contribution is 5.91. The van der Waals surface area contributed by atoms with E-state index in [4.69, 9.17) is 9.47 Å². The molecule has 8 heteroatoms. The molecule has 2 aromatic rings. The highest BCUT2D eigenvalue weighted by Crippen LogP contribution is 2.52. The van der Waals surface area contributed by atoms with Crippen LogP contribution in [-0.2, 0) is 20.9 Å². The standard InChI is InChI=1S/C22H24N2O6/c1-21(2,3)30-20(26)23-22(13-18(22)16-7-5-4-6-8-16)19(25)29-14-15-9-11-17(12-10-15)24(27)28/h4-12,18H,13-14H2,1-3H3,(H,23,26)/t18-,22+/m1/s1. The lowest BCUT2D eigenvalue weighted by atomic mass is 10.1. The molecule has 1 aliphatic rings. The van der Waals surface area contributed by atoms with Gasteiger partial charge in [0.05, 0.1) is 4.92 Å². The first-order valence-corrected chi connectivity index (χ1v) is 9.57. The van der Waals surface area contributed by atoms with Gasteiger partial charge in [-0.15, -0.1) is 0 Å². The van der Waals surface area contributed by atoms with Gasteiger partial charge in [0.1, 0.15) is 17.7 Å². The number of nitrogens with zero attached hydrogens (tertiary/aromatic N) is 1. The number of alkyl carbamates (subject to hydrolysis) is 1. The number of esters is 1. The Bertz CT molecular complexity index is 936. The molecule has 0 unspecified atom stereocenters. The van der Waals surface area contributed by atoms with Crippen LogP contribution >= 0.6 is 0 Å². The maximum atomic E-state index is 13.0. The maximum absolute atomic E-state index is 13.0. The quantitative estimate of drug-likeness (QED) is 0.435. The molecular weight excluding hydrogens is 388 g/mol. The summed E-state index contributed by atoms with van der Waals surface area (Å²) in [6, 6.07) is 15.2. The number of hydrogen-bond donors (Lipinski definition) is 1. The molecule has 0 saturated heterocycles. The summed E-state index contributed by atoms with van der Waals surface area (Å²) >= 11 is 0. The zero-order valence-electron chi connectivity index (χ0n) is 17.1. The molecule has 0 spiro atoms. The van der Waals surface area contributed by atoms with Crippen molar-refractivity contribution in [2.75, 3.05) is 0 Å². The van der Waals surface area contributed by atoms with Crippen molar-refractivity contribution in [2.24, 2.45) is 0 Å². The van der Waals surface area contributed by atoms with E-state index in [1.807, 2.05) is 30.3 Å². The zero-order chi connectivity index (χ0) is 21.9. The summed E-state index contributed by atoms with van der Waals surface area (Å²) in [4.78, 5) is 35.6. The molecule has 1 saturated carbocycles. The second kappa shape index (κ2) is 8.14. The van der Waals surface area contributed by atoms with Crippen molar-refractivity contribution >= 4 is 17.7 Å². The van der Waals surface area contributed by atoms with E-state index in [-0.39, 0.29) is 18.2 Å². The molecule has 1 fully saturated rings. The van der Waals surface area contributed by atoms with E-state index in [0.29, 0.717) is 12.0 Å². The minimum Gasteiger partial charge on any atom is -0.459 e. The van der Waals surface area contributed by atoms with Crippen LogP contribution in [0.15, 0.2) is 54.6 Å². The van der Waals surface area contributed by atoms with Gasteiger partial charge in [-0.1, -0.05) is 30.3 Å². The minimum absolute atomic E-state index is 0.0422. The summed E-state index contributed by atoms with van der Waals surface area (Å²) in [5.74, 6) is -0.795. The third kappa shape index (κ3) is 4.94. The molecule has 2 aromatic carbocycles. The van der Waals surface area contributed by atoms with Gasteiger partial charge in [0.25, 0.3) is 5.69 Å². The lowest BCUT2D eigenvalue weighted by molar-refractivity contribution is -0.384. The number of nitro benzene ring substituents is 1. The highest BCUT2D eigenvalue weighted by Gasteiger charge is 2.63. The van der Waals surface area contributed by atoms with Crippen LogP contribution in [0.1, 0.15) is 44.2 Å². The largest absolute Gasteiger partial charge is 0.459 e. The van der Waals surface area contributed by atoms with Crippen LogP contribution in [0.25, 0.3) is 0 Å². The number of benzene rings is 2. The van der Waals surface area contributed by atoms with Gasteiger partial charge in [0.15, 0.2) is 0 Å². The number of carbonyl (C=O) groups is 2. The normalized spacial score (nSPS) is 20.2. The van der Waals surface area contributed by atoms with Crippen LogP contribution < -0.4 is 5.32 Å². The number of nitrogens with one attached hydrogen (secondary N) is 1. The summed E-state index contributed by atoms with van der Waals surface area (Å²) in [6.07, 6.45) is -0.289.